The molecule has 0 N–H and O–H groups in total. The van der Waals surface area contributed by atoms with Gasteiger partial charge in [0.2, 0.25) is 5.91 Å². The second kappa shape index (κ2) is 8.33. The summed E-state index contributed by atoms with van der Waals surface area (Å²) in [6.07, 6.45) is 5.58. The molecule has 1 unspecified atom stereocenters. The van der Waals surface area contributed by atoms with E-state index in [1.54, 1.807) is 8.61 Å². The van der Waals surface area contributed by atoms with Crippen LogP contribution in [0.3, 0.4) is 0 Å². The fourth-order valence-corrected chi connectivity index (χ4v) is 5.95. The van der Waals surface area contributed by atoms with Crippen molar-refractivity contribution in [3.05, 3.63) is 0 Å². The molecule has 0 aliphatic carbocycles. The highest BCUT2D eigenvalue weighted by atomic mass is 32.2. The van der Waals surface area contributed by atoms with Gasteiger partial charge in [-0.25, -0.2) is 0 Å². The molecule has 3 heterocycles. The Balaban J connectivity index is 1.52. The molecule has 3 saturated heterocycles. The Hall–Kier alpha value is -0.700. The number of carbonyl (C=O) groups is 1. The molecule has 3 rings (SSSR count). The SMILES string of the molecule is CN1CC(CN2CCCN(S(=O)(=O)N3CCCCC3)CC2)CCC1=O. The van der Waals surface area contributed by atoms with Crippen molar-refractivity contribution in [1.29, 1.82) is 0 Å². The zero-order chi connectivity index (χ0) is 17.9. The minimum Gasteiger partial charge on any atom is -0.345 e. The van der Waals surface area contributed by atoms with Crippen molar-refractivity contribution >= 4 is 16.1 Å². The Kier molecular flexibility index (Phi) is 6.35. The summed E-state index contributed by atoms with van der Waals surface area (Å²) in [5, 5.41) is 0. The van der Waals surface area contributed by atoms with Crippen LogP contribution in [0.5, 0.6) is 0 Å². The lowest BCUT2D eigenvalue weighted by molar-refractivity contribution is -0.133. The lowest BCUT2D eigenvalue weighted by Gasteiger charge is -2.33. The van der Waals surface area contributed by atoms with Gasteiger partial charge in [-0.05, 0) is 38.1 Å². The van der Waals surface area contributed by atoms with Crippen LogP contribution in [0.2, 0.25) is 0 Å². The summed E-state index contributed by atoms with van der Waals surface area (Å²) in [4.78, 5) is 15.8. The monoisotopic (exact) mass is 372 g/mol. The van der Waals surface area contributed by atoms with E-state index in [4.69, 9.17) is 0 Å². The van der Waals surface area contributed by atoms with E-state index >= 15 is 0 Å². The zero-order valence-corrected chi connectivity index (χ0v) is 16.2. The Morgan fingerprint density at radius 2 is 1.60 bits per heavy atom. The number of amides is 1. The van der Waals surface area contributed by atoms with Gasteiger partial charge in [-0.15, -0.1) is 0 Å². The molecule has 0 bridgehead atoms. The van der Waals surface area contributed by atoms with Crippen LogP contribution in [-0.4, -0.2) is 92.1 Å². The van der Waals surface area contributed by atoms with Crippen LogP contribution in [0.4, 0.5) is 0 Å². The van der Waals surface area contributed by atoms with E-state index in [-0.39, 0.29) is 5.91 Å². The highest BCUT2D eigenvalue weighted by molar-refractivity contribution is 7.86. The van der Waals surface area contributed by atoms with Crippen LogP contribution in [-0.2, 0) is 15.0 Å². The van der Waals surface area contributed by atoms with Gasteiger partial charge in [0.25, 0.3) is 10.2 Å². The van der Waals surface area contributed by atoms with E-state index in [2.05, 4.69) is 4.90 Å². The fraction of sp³-hybridized carbons (Fsp3) is 0.941. The van der Waals surface area contributed by atoms with Crippen LogP contribution < -0.4 is 0 Å². The van der Waals surface area contributed by atoms with Crippen molar-refractivity contribution < 1.29 is 13.2 Å². The van der Waals surface area contributed by atoms with Crippen LogP contribution in [0.25, 0.3) is 0 Å². The van der Waals surface area contributed by atoms with E-state index < -0.39 is 10.2 Å². The normalized spacial score (nSPS) is 28.9. The van der Waals surface area contributed by atoms with Crippen LogP contribution in [0.1, 0.15) is 38.5 Å². The zero-order valence-electron chi connectivity index (χ0n) is 15.4. The molecule has 25 heavy (non-hydrogen) atoms. The molecular weight excluding hydrogens is 340 g/mol. The average Bonchev–Trinajstić information content (AvgIpc) is 2.85. The minimum atomic E-state index is -3.29. The van der Waals surface area contributed by atoms with E-state index in [9.17, 15) is 13.2 Å². The quantitative estimate of drug-likeness (QED) is 0.725. The van der Waals surface area contributed by atoms with Crippen molar-refractivity contribution in [2.75, 3.05) is 59.4 Å². The highest BCUT2D eigenvalue weighted by Gasteiger charge is 2.32. The highest BCUT2D eigenvalue weighted by Crippen LogP contribution is 2.21. The summed E-state index contributed by atoms with van der Waals surface area (Å²) in [7, 11) is -1.42. The fourth-order valence-electron chi connectivity index (χ4n) is 4.23. The topological polar surface area (TPSA) is 64.2 Å². The first kappa shape index (κ1) is 19.1. The lowest BCUT2D eigenvalue weighted by atomic mass is 9.97. The summed E-state index contributed by atoms with van der Waals surface area (Å²) >= 11 is 0. The van der Waals surface area contributed by atoms with E-state index in [1.165, 1.54) is 0 Å². The molecule has 0 aromatic carbocycles. The Morgan fingerprint density at radius 1 is 0.920 bits per heavy atom. The summed E-state index contributed by atoms with van der Waals surface area (Å²) in [5.74, 6) is 0.749. The van der Waals surface area contributed by atoms with Crippen molar-refractivity contribution in [2.24, 2.45) is 5.92 Å². The van der Waals surface area contributed by atoms with Crippen molar-refractivity contribution in [2.45, 2.75) is 38.5 Å². The van der Waals surface area contributed by atoms with Gasteiger partial charge in [0.15, 0.2) is 0 Å². The number of rotatable bonds is 4. The number of nitrogens with zero attached hydrogens (tertiary/aromatic N) is 4. The first-order valence-electron chi connectivity index (χ1n) is 9.68. The second-order valence-electron chi connectivity index (χ2n) is 7.70. The maximum absolute atomic E-state index is 12.9. The third-order valence-electron chi connectivity index (χ3n) is 5.76. The molecule has 0 saturated carbocycles. The first-order valence-corrected chi connectivity index (χ1v) is 11.1. The average molecular weight is 373 g/mol. The minimum absolute atomic E-state index is 0.242. The van der Waals surface area contributed by atoms with Gasteiger partial charge in [-0.1, -0.05) is 6.42 Å². The molecule has 3 aliphatic heterocycles. The van der Waals surface area contributed by atoms with E-state index in [1.807, 2.05) is 11.9 Å². The summed E-state index contributed by atoms with van der Waals surface area (Å²) < 4.78 is 29.1. The summed E-state index contributed by atoms with van der Waals surface area (Å²) in [5.41, 5.74) is 0. The smallest absolute Gasteiger partial charge is 0.282 e. The van der Waals surface area contributed by atoms with Gasteiger partial charge in [0.1, 0.15) is 0 Å². The van der Waals surface area contributed by atoms with Gasteiger partial charge >= 0.3 is 0 Å². The molecule has 1 amide bonds. The van der Waals surface area contributed by atoms with Gasteiger partial charge < -0.3 is 9.80 Å². The van der Waals surface area contributed by atoms with E-state index in [0.717, 1.165) is 58.3 Å². The van der Waals surface area contributed by atoms with Gasteiger partial charge in [-0.2, -0.15) is 17.0 Å². The second-order valence-corrected chi connectivity index (χ2v) is 9.63. The number of piperidine rings is 2. The Morgan fingerprint density at radius 3 is 2.32 bits per heavy atom. The van der Waals surface area contributed by atoms with Gasteiger partial charge in [-0.3, -0.25) is 4.79 Å². The molecule has 3 aliphatic rings. The summed E-state index contributed by atoms with van der Waals surface area (Å²) in [6.45, 7) is 6.08. The van der Waals surface area contributed by atoms with E-state index in [0.29, 0.717) is 38.5 Å². The van der Waals surface area contributed by atoms with Crippen LogP contribution in [0, 0.1) is 5.92 Å². The predicted octanol–water partition coefficient (Wildman–Crippen LogP) is 0.593. The molecule has 0 aromatic heterocycles. The third-order valence-corrected chi connectivity index (χ3v) is 7.79. The Bertz CT molecular complexity index is 562. The molecule has 144 valence electrons. The van der Waals surface area contributed by atoms with Crippen LogP contribution in [0.15, 0.2) is 0 Å². The third kappa shape index (κ3) is 4.72. The molecular formula is C17H32N4O3S. The Labute approximate surface area is 152 Å². The molecule has 3 fully saturated rings. The van der Waals surface area contributed by atoms with Crippen LogP contribution >= 0.6 is 0 Å². The summed E-state index contributed by atoms with van der Waals surface area (Å²) in [6, 6.07) is 0. The maximum atomic E-state index is 12.9. The molecule has 0 spiro atoms. The number of hydrogen-bond donors (Lipinski definition) is 0. The standard InChI is InChI=1S/C17H32N4O3S/c1-18-14-16(6-7-17(18)22)15-19-8-5-11-21(13-12-19)25(23,24)20-9-3-2-4-10-20/h16H,2-15H2,1H3. The molecule has 1 atom stereocenters. The molecule has 0 aromatic rings. The first-order chi connectivity index (χ1) is 12.0. The van der Waals surface area contributed by atoms with Gasteiger partial charge in [0, 0.05) is 59.3 Å². The predicted molar refractivity (Wildman–Crippen MR) is 97.3 cm³/mol. The number of hydrogen-bond acceptors (Lipinski definition) is 4. The lowest BCUT2D eigenvalue weighted by Crippen LogP contribution is -2.47. The maximum Gasteiger partial charge on any atom is 0.282 e. The molecule has 7 nitrogen and oxygen atoms in total. The van der Waals surface area contributed by atoms with Crippen molar-refractivity contribution in [3.8, 4) is 0 Å². The number of likely N-dealkylation sites (tertiary alicyclic amines) is 1. The van der Waals surface area contributed by atoms with Crippen molar-refractivity contribution in [3.63, 3.8) is 0 Å². The van der Waals surface area contributed by atoms with Gasteiger partial charge in [0.05, 0.1) is 0 Å². The molecule has 8 heteroatoms. The van der Waals surface area contributed by atoms with Crippen molar-refractivity contribution in [1.82, 2.24) is 18.4 Å². The largest absolute Gasteiger partial charge is 0.345 e. The molecule has 0 radical (unpaired) electrons. The number of carbonyl (C=O) groups excluding carboxylic acids is 1.